The van der Waals surface area contributed by atoms with E-state index < -0.39 is 0 Å². The van der Waals surface area contributed by atoms with Crippen LogP contribution in [0.3, 0.4) is 0 Å². The van der Waals surface area contributed by atoms with Crippen LogP contribution in [0.25, 0.3) is 0 Å². The molecular formula is C15H30O3. The fourth-order valence-electron chi connectivity index (χ4n) is 2.06. The maximum atomic E-state index is 11.9. The van der Waals surface area contributed by atoms with Crippen LogP contribution in [0.4, 0.5) is 0 Å². The van der Waals surface area contributed by atoms with E-state index in [2.05, 4.69) is 13.8 Å². The monoisotopic (exact) mass is 258 g/mol. The molecule has 0 fully saturated rings. The minimum Gasteiger partial charge on any atom is -0.465 e. The summed E-state index contributed by atoms with van der Waals surface area (Å²) in [5.74, 6) is 0.0428. The van der Waals surface area contributed by atoms with Crippen molar-refractivity contribution in [2.75, 3.05) is 13.2 Å². The number of hydrogen-bond acceptors (Lipinski definition) is 3. The van der Waals surface area contributed by atoms with Gasteiger partial charge >= 0.3 is 5.97 Å². The molecule has 0 aliphatic heterocycles. The smallest absolute Gasteiger partial charge is 0.308 e. The normalized spacial score (nSPS) is 11.9. The van der Waals surface area contributed by atoms with Gasteiger partial charge in [-0.25, -0.2) is 0 Å². The standard InChI is InChI=1S/C15H30O3/c1-6-9-13(10-7-2)14(16)17-12-11-15(4,5)18-8-3/h13H,6-12H2,1-5H3. The third-order valence-corrected chi connectivity index (χ3v) is 3.09. The lowest BCUT2D eigenvalue weighted by Crippen LogP contribution is -2.28. The number of hydrogen-bond donors (Lipinski definition) is 0. The Morgan fingerprint density at radius 3 is 2.11 bits per heavy atom. The molecule has 18 heavy (non-hydrogen) atoms. The molecule has 0 aromatic rings. The van der Waals surface area contributed by atoms with E-state index in [-0.39, 0.29) is 17.5 Å². The summed E-state index contributed by atoms with van der Waals surface area (Å²) in [5, 5.41) is 0. The second kappa shape index (κ2) is 9.37. The molecule has 108 valence electrons. The Labute approximate surface area is 112 Å². The first-order chi connectivity index (χ1) is 8.46. The summed E-state index contributed by atoms with van der Waals surface area (Å²) in [6, 6.07) is 0. The molecule has 0 radical (unpaired) electrons. The van der Waals surface area contributed by atoms with Gasteiger partial charge in [-0.3, -0.25) is 4.79 Å². The Morgan fingerprint density at radius 1 is 1.11 bits per heavy atom. The molecule has 0 amide bonds. The van der Waals surface area contributed by atoms with Gasteiger partial charge in [0, 0.05) is 13.0 Å². The summed E-state index contributed by atoms with van der Waals surface area (Å²) >= 11 is 0. The number of ether oxygens (including phenoxy) is 2. The van der Waals surface area contributed by atoms with Gasteiger partial charge in [0.15, 0.2) is 0 Å². The summed E-state index contributed by atoms with van der Waals surface area (Å²) in [6.45, 7) is 11.4. The topological polar surface area (TPSA) is 35.5 Å². The van der Waals surface area contributed by atoms with Crippen molar-refractivity contribution in [3.05, 3.63) is 0 Å². The van der Waals surface area contributed by atoms with Gasteiger partial charge in [-0.2, -0.15) is 0 Å². The molecule has 3 nitrogen and oxygen atoms in total. The zero-order valence-corrected chi connectivity index (χ0v) is 12.8. The highest BCUT2D eigenvalue weighted by Crippen LogP contribution is 2.18. The van der Waals surface area contributed by atoms with Crippen LogP contribution < -0.4 is 0 Å². The van der Waals surface area contributed by atoms with Crippen LogP contribution in [0.1, 0.15) is 66.7 Å². The first-order valence-corrected chi connectivity index (χ1v) is 7.27. The van der Waals surface area contributed by atoms with Gasteiger partial charge in [-0.15, -0.1) is 0 Å². The molecular weight excluding hydrogens is 228 g/mol. The number of esters is 1. The lowest BCUT2D eigenvalue weighted by Gasteiger charge is -2.24. The van der Waals surface area contributed by atoms with E-state index in [1.807, 2.05) is 20.8 Å². The summed E-state index contributed by atoms with van der Waals surface area (Å²) in [6.07, 6.45) is 4.68. The van der Waals surface area contributed by atoms with E-state index in [0.29, 0.717) is 13.2 Å². The average Bonchev–Trinajstić information content (AvgIpc) is 2.28. The largest absolute Gasteiger partial charge is 0.465 e. The number of carbonyl (C=O) groups is 1. The molecule has 0 spiro atoms. The molecule has 0 aromatic carbocycles. The predicted molar refractivity (Wildman–Crippen MR) is 74.6 cm³/mol. The quantitative estimate of drug-likeness (QED) is 0.557. The van der Waals surface area contributed by atoms with Crippen molar-refractivity contribution in [3.63, 3.8) is 0 Å². The fourth-order valence-corrected chi connectivity index (χ4v) is 2.06. The third-order valence-electron chi connectivity index (χ3n) is 3.09. The Balaban J connectivity index is 3.99. The first kappa shape index (κ1) is 17.4. The molecule has 0 aromatic heterocycles. The highest BCUT2D eigenvalue weighted by atomic mass is 16.5. The van der Waals surface area contributed by atoms with Gasteiger partial charge in [0.25, 0.3) is 0 Å². The Bertz CT molecular complexity index is 218. The van der Waals surface area contributed by atoms with Crippen molar-refractivity contribution >= 4 is 5.97 Å². The van der Waals surface area contributed by atoms with E-state index in [1.54, 1.807) is 0 Å². The molecule has 0 aliphatic carbocycles. The van der Waals surface area contributed by atoms with Crippen molar-refractivity contribution in [2.45, 2.75) is 72.3 Å². The molecule has 3 heteroatoms. The third kappa shape index (κ3) is 7.70. The van der Waals surface area contributed by atoms with Crippen LogP contribution >= 0.6 is 0 Å². The van der Waals surface area contributed by atoms with Crippen LogP contribution in [-0.2, 0) is 14.3 Å². The van der Waals surface area contributed by atoms with Crippen molar-refractivity contribution in [3.8, 4) is 0 Å². The van der Waals surface area contributed by atoms with E-state index in [1.165, 1.54) is 0 Å². The second-order valence-corrected chi connectivity index (χ2v) is 5.38. The van der Waals surface area contributed by atoms with Crippen LogP contribution in [0, 0.1) is 5.92 Å². The maximum absolute atomic E-state index is 11.9. The molecule has 0 saturated heterocycles. The lowest BCUT2D eigenvalue weighted by molar-refractivity contribution is -0.150. The molecule has 0 unspecified atom stereocenters. The molecule has 0 N–H and O–H groups in total. The summed E-state index contributed by atoms with van der Waals surface area (Å²) in [5.41, 5.74) is -0.208. The second-order valence-electron chi connectivity index (χ2n) is 5.38. The zero-order chi connectivity index (χ0) is 14.0. The van der Waals surface area contributed by atoms with Crippen molar-refractivity contribution in [1.82, 2.24) is 0 Å². The Kier molecular flexibility index (Phi) is 9.08. The number of rotatable bonds is 10. The summed E-state index contributed by atoms with van der Waals surface area (Å²) in [7, 11) is 0. The van der Waals surface area contributed by atoms with Gasteiger partial charge in [-0.05, 0) is 33.6 Å². The molecule has 0 aliphatic rings. The van der Waals surface area contributed by atoms with Crippen LogP contribution in [0.2, 0.25) is 0 Å². The maximum Gasteiger partial charge on any atom is 0.308 e. The first-order valence-electron chi connectivity index (χ1n) is 7.27. The van der Waals surface area contributed by atoms with Gasteiger partial charge in [-0.1, -0.05) is 26.7 Å². The average molecular weight is 258 g/mol. The van der Waals surface area contributed by atoms with E-state index >= 15 is 0 Å². The minimum absolute atomic E-state index is 0.0361. The summed E-state index contributed by atoms with van der Waals surface area (Å²) in [4.78, 5) is 11.9. The van der Waals surface area contributed by atoms with E-state index in [9.17, 15) is 4.79 Å². The van der Waals surface area contributed by atoms with Crippen LogP contribution in [0.5, 0.6) is 0 Å². The van der Waals surface area contributed by atoms with Crippen molar-refractivity contribution < 1.29 is 14.3 Å². The van der Waals surface area contributed by atoms with Gasteiger partial charge in [0.2, 0.25) is 0 Å². The molecule has 0 heterocycles. The van der Waals surface area contributed by atoms with E-state index in [4.69, 9.17) is 9.47 Å². The summed E-state index contributed by atoms with van der Waals surface area (Å²) < 4.78 is 10.9. The van der Waals surface area contributed by atoms with Gasteiger partial charge in [0.05, 0.1) is 18.1 Å². The molecule has 0 bridgehead atoms. The molecule has 0 rings (SSSR count). The highest BCUT2D eigenvalue weighted by Gasteiger charge is 2.21. The lowest BCUT2D eigenvalue weighted by atomic mass is 9.98. The Morgan fingerprint density at radius 2 is 1.67 bits per heavy atom. The van der Waals surface area contributed by atoms with E-state index in [0.717, 1.165) is 32.1 Å². The van der Waals surface area contributed by atoms with Crippen LogP contribution in [-0.4, -0.2) is 24.8 Å². The number of carbonyl (C=O) groups excluding carboxylic acids is 1. The Hall–Kier alpha value is -0.570. The van der Waals surface area contributed by atoms with Gasteiger partial charge in [0.1, 0.15) is 0 Å². The SMILES string of the molecule is CCCC(CCC)C(=O)OCCC(C)(C)OCC. The highest BCUT2D eigenvalue weighted by molar-refractivity contribution is 5.72. The van der Waals surface area contributed by atoms with Crippen molar-refractivity contribution in [1.29, 1.82) is 0 Å². The molecule has 0 atom stereocenters. The predicted octanol–water partition coefficient (Wildman–Crippen LogP) is 3.95. The fraction of sp³-hybridized carbons (Fsp3) is 0.933. The van der Waals surface area contributed by atoms with Crippen molar-refractivity contribution in [2.24, 2.45) is 5.92 Å². The zero-order valence-electron chi connectivity index (χ0n) is 12.8. The molecule has 0 saturated carbocycles. The van der Waals surface area contributed by atoms with Gasteiger partial charge < -0.3 is 9.47 Å². The van der Waals surface area contributed by atoms with Crippen LogP contribution in [0.15, 0.2) is 0 Å². The minimum atomic E-state index is -0.208.